The van der Waals surface area contributed by atoms with Gasteiger partial charge in [0.05, 0.1) is 6.54 Å². The van der Waals surface area contributed by atoms with Crippen molar-refractivity contribution in [2.24, 2.45) is 0 Å². The predicted molar refractivity (Wildman–Crippen MR) is 68.1 cm³/mol. The Morgan fingerprint density at radius 3 is 2.88 bits per heavy atom. The lowest BCUT2D eigenvalue weighted by Gasteiger charge is -2.22. The van der Waals surface area contributed by atoms with Crippen LogP contribution in [0.15, 0.2) is 10.5 Å². The van der Waals surface area contributed by atoms with Crippen molar-refractivity contribution in [1.82, 2.24) is 5.32 Å². The molecule has 1 aliphatic heterocycles. The van der Waals surface area contributed by atoms with Crippen LogP contribution in [0.3, 0.4) is 0 Å². The first kappa shape index (κ1) is 12.4. The topological polar surface area (TPSA) is 47.6 Å². The fourth-order valence-corrected chi connectivity index (χ4v) is 2.30. The van der Waals surface area contributed by atoms with Crippen molar-refractivity contribution in [3.63, 3.8) is 0 Å². The van der Waals surface area contributed by atoms with Crippen LogP contribution in [0.5, 0.6) is 11.5 Å². The zero-order valence-electron chi connectivity index (χ0n) is 9.80. The molecule has 0 radical (unpaired) electrons. The minimum absolute atomic E-state index is 0.0273. The molecule has 1 aromatic rings. The van der Waals surface area contributed by atoms with Crippen LogP contribution in [-0.2, 0) is 0 Å². The van der Waals surface area contributed by atoms with Crippen LogP contribution in [0, 0.1) is 6.92 Å². The Hall–Kier alpha value is -1.07. The van der Waals surface area contributed by atoms with E-state index in [1.807, 2.05) is 6.92 Å². The fourth-order valence-electron chi connectivity index (χ4n) is 1.79. The highest BCUT2D eigenvalue weighted by atomic mass is 79.9. The van der Waals surface area contributed by atoms with E-state index in [2.05, 4.69) is 21.2 Å². The maximum absolute atomic E-state index is 11.9. The Kier molecular flexibility index (Phi) is 3.69. The van der Waals surface area contributed by atoms with E-state index in [4.69, 9.17) is 9.47 Å². The molecule has 0 aliphatic carbocycles. The van der Waals surface area contributed by atoms with Crippen molar-refractivity contribution in [2.75, 3.05) is 26.8 Å². The van der Waals surface area contributed by atoms with Gasteiger partial charge in [-0.1, -0.05) is 0 Å². The third-order valence-electron chi connectivity index (χ3n) is 2.63. The zero-order valence-corrected chi connectivity index (χ0v) is 11.4. The first-order valence-corrected chi connectivity index (χ1v) is 6.21. The molecule has 0 aromatic heterocycles. The Morgan fingerprint density at radius 2 is 2.18 bits per heavy atom. The molecule has 1 aromatic carbocycles. The van der Waals surface area contributed by atoms with Gasteiger partial charge in [0, 0.05) is 15.6 Å². The van der Waals surface area contributed by atoms with Crippen LogP contribution in [0.25, 0.3) is 0 Å². The van der Waals surface area contributed by atoms with Gasteiger partial charge >= 0.3 is 0 Å². The van der Waals surface area contributed by atoms with Gasteiger partial charge in [-0.05, 0) is 36.0 Å². The maximum atomic E-state index is 11.9. The summed E-state index contributed by atoms with van der Waals surface area (Å²) in [7, 11) is 1.75. The summed E-state index contributed by atoms with van der Waals surface area (Å²) in [6.07, 6.45) is 0. The van der Waals surface area contributed by atoms with Gasteiger partial charge in [0.25, 0.3) is 0 Å². The maximum Gasteiger partial charge on any atom is 0.177 e. The number of benzene rings is 1. The molecular formula is C12H14BrNO3. The van der Waals surface area contributed by atoms with Gasteiger partial charge in [0.15, 0.2) is 17.3 Å². The number of carbonyl (C=O) groups excluding carboxylic acids is 1. The van der Waals surface area contributed by atoms with E-state index < -0.39 is 0 Å². The number of fused-ring (bicyclic) bond motifs is 1. The van der Waals surface area contributed by atoms with Gasteiger partial charge in [0.1, 0.15) is 13.2 Å². The molecule has 0 spiro atoms. The summed E-state index contributed by atoms with van der Waals surface area (Å²) in [5.74, 6) is 1.40. The number of ketones is 1. The van der Waals surface area contributed by atoms with Gasteiger partial charge in [-0.25, -0.2) is 0 Å². The molecule has 17 heavy (non-hydrogen) atoms. The number of carbonyl (C=O) groups is 1. The lowest BCUT2D eigenvalue weighted by Crippen LogP contribution is -2.21. The minimum atomic E-state index is 0.0273. The highest BCUT2D eigenvalue weighted by molar-refractivity contribution is 9.10. The quantitative estimate of drug-likeness (QED) is 0.867. The van der Waals surface area contributed by atoms with Crippen molar-refractivity contribution >= 4 is 21.7 Å². The summed E-state index contributed by atoms with van der Waals surface area (Å²) in [4.78, 5) is 11.9. The number of nitrogens with one attached hydrogen (secondary N) is 1. The predicted octanol–water partition coefficient (Wildman–Crippen LogP) is 1.93. The van der Waals surface area contributed by atoms with E-state index in [1.54, 1.807) is 13.1 Å². The average molecular weight is 300 g/mol. The van der Waals surface area contributed by atoms with Gasteiger partial charge in [0.2, 0.25) is 0 Å². The second-order valence-electron chi connectivity index (χ2n) is 3.84. The average Bonchev–Trinajstić information content (AvgIpc) is 2.34. The number of Topliss-reactive ketones (excluding diaryl/α,β-unsaturated/α-hetero) is 1. The van der Waals surface area contributed by atoms with Crippen molar-refractivity contribution in [3.8, 4) is 11.5 Å². The number of ether oxygens (including phenoxy) is 2. The highest BCUT2D eigenvalue weighted by Crippen LogP contribution is 2.40. The largest absolute Gasteiger partial charge is 0.486 e. The van der Waals surface area contributed by atoms with Gasteiger partial charge < -0.3 is 14.8 Å². The van der Waals surface area contributed by atoms with Crippen LogP contribution in [-0.4, -0.2) is 32.6 Å². The number of rotatable bonds is 3. The van der Waals surface area contributed by atoms with Crippen molar-refractivity contribution in [1.29, 1.82) is 0 Å². The van der Waals surface area contributed by atoms with E-state index in [9.17, 15) is 4.79 Å². The summed E-state index contributed by atoms with van der Waals surface area (Å²) >= 11 is 3.45. The standard InChI is InChI=1S/C12H14BrNO3/c1-7-11(13)8(9(15)6-14-2)5-10-12(7)17-4-3-16-10/h5,14H,3-4,6H2,1-2H3. The van der Waals surface area contributed by atoms with E-state index in [-0.39, 0.29) is 5.78 Å². The molecular weight excluding hydrogens is 286 g/mol. The Labute approximate surface area is 108 Å². The molecule has 0 saturated carbocycles. The summed E-state index contributed by atoms with van der Waals surface area (Å²) in [5, 5.41) is 2.85. The Bertz CT molecular complexity index is 460. The monoisotopic (exact) mass is 299 g/mol. The normalized spacial score (nSPS) is 13.6. The third-order valence-corrected chi connectivity index (χ3v) is 3.65. The molecule has 0 fully saturated rings. The molecule has 0 saturated heterocycles. The smallest absolute Gasteiger partial charge is 0.177 e. The fraction of sp³-hybridized carbons (Fsp3) is 0.417. The number of hydrogen-bond acceptors (Lipinski definition) is 4. The molecule has 0 atom stereocenters. The molecule has 0 unspecified atom stereocenters. The van der Waals surface area contributed by atoms with Crippen molar-refractivity contribution < 1.29 is 14.3 Å². The van der Waals surface area contributed by atoms with E-state index in [1.165, 1.54) is 0 Å². The van der Waals surface area contributed by atoms with Gasteiger partial charge in [-0.3, -0.25) is 4.79 Å². The summed E-state index contributed by atoms with van der Waals surface area (Å²) < 4.78 is 11.8. The lowest BCUT2D eigenvalue weighted by atomic mass is 10.1. The molecule has 1 N–H and O–H groups in total. The summed E-state index contributed by atoms with van der Waals surface area (Å²) in [6, 6.07) is 1.74. The molecule has 5 heteroatoms. The van der Waals surface area contributed by atoms with E-state index in [0.717, 1.165) is 15.8 Å². The SMILES string of the molecule is CNCC(=O)c1cc2c(c(C)c1Br)OCCO2. The van der Waals surface area contributed by atoms with Crippen LogP contribution in [0.1, 0.15) is 15.9 Å². The van der Waals surface area contributed by atoms with Gasteiger partial charge in [-0.2, -0.15) is 0 Å². The van der Waals surface area contributed by atoms with Crippen LogP contribution >= 0.6 is 15.9 Å². The van der Waals surface area contributed by atoms with Gasteiger partial charge in [-0.15, -0.1) is 0 Å². The molecule has 4 nitrogen and oxygen atoms in total. The van der Waals surface area contributed by atoms with Crippen molar-refractivity contribution in [2.45, 2.75) is 6.92 Å². The van der Waals surface area contributed by atoms with Crippen LogP contribution in [0.4, 0.5) is 0 Å². The lowest BCUT2D eigenvalue weighted by molar-refractivity contribution is 0.0991. The van der Waals surface area contributed by atoms with E-state index in [0.29, 0.717) is 31.1 Å². The third kappa shape index (κ3) is 2.30. The second kappa shape index (κ2) is 5.06. The summed E-state index contributed by atoms with van der Waals surface area (Å²) in [6.45, 7) is 3.28. The number of hydrogen-bond donors (Lipinski definition) is 1. The van der Waals surface area contributed by atoms with Crippen molar-refractivity contribution in [3.05, 3.63) is 21.7 Å². The number of likely N-dealkylation sites (N-methyl/N-ethyl adjacent to an activating group) is 1. The highest BCUT2D eigenvalue weighted by Gasteiger charge is 2.21. The first-order valence-electron chi connectivity index (χ1n) is 5.41. The Morgan fingerprint density at radius 1 is 1.47 bits per heavy atom. The molecule has 0 amide bonds. The van der Waals surface area contributed by atoms with Crippen LogP contribution in [0.2, 0.25) is 0 Å². The molecule has 92 valence electrons. The number of halogens is 1. The molecule has 0 bridgehead atoms. The Balaban J connectivity index is 2.47. The molecule has 1 heterocycles. The minimum Gasteiger partial charge on any atom is -0.486 e. The zero-order chi connectivity index (χ0) is 12.4. The van der Waals surface area contributed by atoms with E-state index >= 15 is 0 Å². The molecule has 1 aliphatic rings. The second-order valence-corrected chi connectivity index (χ2v) is 4.63. The molecule has 2 rings (SSSR count). The summed E-state index contributed by atoms with van der Waals surface area (Å²) in [5.41, 5.74) is 1.53. The van der Waals surface area contributed by atoms with Crippen LogP contribution < -0.4 is 14.8 Å². The first-order chi connectivity index (χ1) is 8.15.